The molecule has 2 amide bonds. The van der Waals surface area contributed by atoms with Crippen LogP contribution in [0.3, 0.4) is 0 Å². The molecule has 0 radical (unpaired) electrons. The Morgan fingerprint density at radius 2 is 1.69 bits per heavy atom. The van der Waals surface area contributed by atoms with Crippen molar-refractivity contribution in [3.8, 4) is 11.1 Å². The summed E-state index contributed by atoms with van der Waals surface area (Å²) in [6, 6.07) is 16.2. The second-order valence-electron chi connectivity index (χ2n) is 8.62. The van der Waals surface area contributed by atoms with Crippen molar-refractivity contribution < 1.29 is 29.3 Å². The van der Waals surface area contributed by atoms with Crippen molar-refractivity contribution in [2.75, 3.05) is 26.2 Å². The lowest BCUT2D eigenvalue weighted by atomic mass is 9.94. The zero-order valence-electron chi connectivity index (χ0n) is 18.6. The number of hydrogen-bond acceptors (Lipinski definition) is 7. The zero-order valence-corrected chi connectivity index (χ0v) is 18.6. The van der Waals surface area contributed by atoms with E-state index < -0.39 is 23.6 Å². The highest BCUT2D eigenvalue weighted by atomic mass is 16.5. The second kappa shape index (κ2) is 8.84. The highest BCUT2D eigenvalue weighted by Crippen LogP contribution is 2.44. The van der Waals surface area contributed by atoms with E-state index in [1.54, 1.807) is 0 Å². The van der Waals surface area contributed by atoms with E-state index >= 15 is 0 Å². The van der Waals surface area contributed by atoms with Gasteiger partial charge in [-0.2, -0.15) is 0 Å². The van der Waals surface area contributed by atoms with Crippen molar-refractivity contribution in [3.63, 3.8) is 0 Å². The average Bonchev–Trinajstić information content (AvgIpc) is 3.43. The Hall–Kier alpha value is -4.25. The minimum Gasteiger partial charge on any atom is -0.479 e. The summed E-state index contributed by atoms with van der Waals surface area (Å²) in [6.45, 7) is 0.0504. The zero-order chi connectivity index (χ0) is 24.6. The first-order valence-electron chi connectivity index (χ1n) is 11.1. The monoisotopic (exact) mass is 477 g/mol. The first kappa shape index (κ1) is 22.5. The van der Waals surface area contributed by atoms with Gasteiger partial charge in [0.05, 0.1) is 25.8 Å². The van der Waals surface area contributed by atoms with Crippen LogP contribution in [0, 0.1) is 0 Å². The fraction of sp³-hybridized carbons (Fsp3) is 0.292. The van der Waals surface area contributed by atoms with Gasteiger partial charge in [-0.25, -0.2) is 14.3 Å². The van der Waals surface area contributed by atoms with Crippen LogP contribution < -0.4 is 5.32 Å². The van der Waals surface area contributed by atoms with Crippen LogP contribution in [0.2, 0.25) is 0 Å². The number of β-amino-alcohol motifs (C(OH)–C–C–N with tert-alkyl or cyclic N) is 1. The number of benzene rings is 2. The normalized spacial score (nSPS) is 15.6. The number of amides is 2. The highest BCUT2D eigenvalue weighted by molar-refractivity contribution is 5.94. The third kappa shape index (κ3) is 4.21. The quantitative estimate of drug-likeness (QED) is 0.458. The lowest BCUT2D eigenvalue weighted by Gasteiger charge is -2.42. The second-order valence-corrected chi connectivity index (χ2v) is 8.62. The number of aliphatic carboxylic acids is 1. The predicted molar refractivity (Wildman–Crippen MR) is 122 cm³/mol. The standard InChI is InChI=1S/C24H23N5O6/c30-21(28-13-24(34,14-28)22(31)32)20-11-29(27-26-20)10-9-25-23(33)35-12-19-17-7-3-1-5-15(17)16-6-2-4-8-18(16)19/h1-8,11,19,34H,9-10,12-14H2,(H,25,33)(H,31,32). The molecule has 2 aromatic carbocycles. The lowest BCUT2D eigenvalue weighted by molar-refractivity contribution is -0.173. The van der Waals surface area contributed by atoms with Crippen LogP contribution in [0.1, 0.15) is 27.5 Å². The third-order valence-electron chi connectivity index (χ3n) is 6.30. The number of hydrogen-bond donors (Lipinski definition) is 3. The highest BCUT2D eigenvalue weighted by Gasteiger charge is 2.50. The Kier molecular flexibility index (Phi) is 5.69. The van der Waals surface area contributed by atoms with Crippen molar-refractivity contribution in [2.24, 2.45) is 0 Å². The van der Waals surface area contributed by atoms with Crippen LogP contribution in [-0.2, 0) is 16.1 Å². The smallest absolute Gasteiger partial charge is 0.407 e. The number of carboxylic acid groups (broad SMARTS) is 1. The molecule has 0 atom stereocenters. The van der Waals surface area contributed by atoms with Gasteiger partial charge in [-0.3, -0.25) is 4.79 Å². The first-order chi connectivity index (χ1) is 16.9. The van der Waals surface area contributed by atoms with E-state index in [1.165, 1.54) is 15.8 Å². The molecule has 11 heteroatoms. The Morgan fingerprint density at radius 3 is 2.31 bits per heavy atom. The molecule has 1 fully saturated rings. The number of rotatable bonds is 7. The summed E-state index contributed by atoms with van der Waals surface area (Å²) >= 11 is 0. The molecule has 2 aliphatic rings. The minimum atomic E-state index is -1.92. The molecule has 35 heavy (non-hydrogen) atoms. The number of fused-ring (bicyclic) bond motifs is 3. The van der Waals surface area contributed by atoms with Gasteiger partial charge in [0.25, 0.3) is 5.91 Å². The topological polar surface area (TPSA) is 147 Å². The van der Waals surface area contributed by atoms with E-state index in [-0.39, 0.29) is 44.4 Å². The molecule has 3 aromatic rings. The molecule has 180 valence electrons. The van der Waals surface area contributed by atoms with E-state index in [1.807, 2.05) is 36.4 Å². The molecule has 11 nitrogen and oxygen atoms in total. The molecule has 2 heterocycles. The van der Waals surface area contributed by atoms with Gasteiger partial charge in [-0.1, -0.05) is 53.7 Å². The third-order valence-corrected chi connectivity index (χ3v) is 6.30. The average molecular weight is 477 g/mol. The first-order valence-corrected chi connectivity index (χ1v) is 11.1. The number of carbonyl (C=O) groups excluding carboxylic acids is 2. The van der Waals surface area contributed by atoms with Gasteiger partial charge in [0.2, 0.25) is 0 Å². The molecule has 5 rings (SSSR count). The molecule has 1 aromatic heterocycles. The molecule has 1 aliphatic carbocycles. The fourth-order valence-electron chi connectivity index (χ4n) is 4.45. The fourth-order valence-corrected chi connectivity index (χ4v) is 4.45. The number of likely N-dealkylation sites (tertiary alicyclic amines) is 1. The summed E-state index contributed by atoms with van der Waals surface area (Å²) < 4.78 is 6.87. The van der Waals surface area contributed by atoms with Gasteiger partial charge in [0, 0.05) is 12.5 Å². The van der Waals surface area contributed by atoms with Gasteiger partial charge in [-0.15, -0.1) is 5.10 Å². The van der Waals surface area contributed by atoms with Gasteiger partial charge in [0.15, 0.2) is 11.3 Å². The minimum absolute atomic E-state index is 0.0265. The van der Waals surface area contributed by atoms with Gasteiger partial charge < -0.3 is 25.2 Å². The van der Waals surface area contributed by atoms with Gasteiger partial charge in [0.1, 0.15) is 6.61 Å². The number of carbonyl (C=O) groups is 3. The van der Waals surface area contributed by atoms with Crippen molar-refractivity contribution >= 4 is 18.0 Å². The Balaban J connectivity index is 1.10. The largest absolute Gasteiger partial charge is 0.479 e. The van der Waals surface area contributed by atoms with Crippen LogP contribution >= 0.6 is 0 Å². The molecule has 0 spiro atoms. The summed E-state index contributed by atoms with van der Waals surface area (Å²) in [6.07, 6.45) is 0.844. The summed E-state index contributed by atoms with van der Waals surface area (Å²) in [7, 11) is 0. The Morgan fingerprint density at radius 1 is 1.06 bits per heavy atom. The maximum absolute atomic E-state index is 12.3. The molecule has 0 bridgehead atoms. The van der Waals surface area contributed by atoms with Crippen molar-refractivity contribution in [1.29, 1.82) is 0 Å². The Labute approximate surface area is 199 Å². The summed E-state index contributed by atoms with van der Waals surface area (Å²) in [5.74, 6) is -1.92. The number of aromatic nitrogens is 3. The van der Waals surface area contributed by atoms with Crippen LogP contribution in [-0.4, -0.2) is 79.9 Å². The molecule has 0 saturated carbocycles. The van der Waals surface area contributed by atoms with Crippen molar-refractivity contribution in [1.82, 2.24) is 25.2 Å². The lowest BCUT2D eigenvalue weighted by Crippen LogP contribution is -2.67. The molecule has 1 saturated heterocycles. The molecular formula is C24H23N5O6. The van der Waals surface area contributed by atoms with Crippen LogP contribution in [0.4, 0.5) is 4.79 Å². The van der Waals surface area contributed by atoms with E-state index in [0.717, 1.165) is 22.3 Å². The summed E-state index contributed by atoms with van der Waals surface area (Å²) in [5, 5.41) is 29.0. The van der Waals surface area contributed by atoms with Gasteiger partial charge in [-0.05, 0) is 22.3 Å². The summed E-state index contributed by atoms with van der Waals surface area (Å²) in [5.41, 5.74) is 2.67. The number of nitrogens with zero attached hydrogens (tertiary/aromatic N) is 4. The molecular weight excluding hydrogens is 454 g/mol. The molecule has 0 unspecified atom stereocenters. The maximum Gasteiger partial charge on any atom is 0.407 e. The predicted octanol–water partition coefficient (Wildman–Crippen LogP) is 1.09. The van der Waals surface area contributed by atoms with Crippen LogP contribution in [0.15, 0.2) is 54.7 Å². The van der Waals surface area contributed by atoms with E-state index in [2.05, 4.69) is 27.8 Å². The van der Waals surface area contributed by atoms with E-state index in [9.17, 15) is 19.5 Å². The van der Waals surface area contributed by atoms with E-state index in [4.69, 9.17) is 9.84 Å². The number of alkyl carbamates (subject to hydrolysis) is 1. The molecule has 3 N–H and O–H groups in total. The number of carboxylic acids is 1. The van der Waals surface area contributed by atoms with E-state index in [0.29, 0.717) is 0 Å². The SMILES string of the molecule is O=C(NCCn1cc(C(=O)N2CC(O)(C(=O)O)C2)nn1)OCC1c2ccccc2-c2ccccc21. The van der Waals surface area contributed by atoms with Crippen LogP contribution in [0.5, 0.6) is 0 Å². The van der Waals surface area contributed by atoms with Crippen molar-refractivity contribution in [2.45, 2.75) is 18.1 Å². The summed E-state index contributed by atoms with van der Waals surface area (Å²) in [4.78, 5) is 36.7. The number of ether oxygens (including phenoxy) is 1. The maximum atomic E-state index is 12.3. The molecule has 1 aliphatic heterocycles. The van der Waals surface area contributed by atoms with Crippen molar-refractivity contribution in [3.05, 3.63) is 71.5 Å². The number of aliphatic hydroxyl groups is 1. The Bertz CT molecular complexity index is 1250. The van der Waals surface area contributed by atoms with Crippen LogP contribution in [0.25, 0.3) is 11.1 Å². The number of nitrogens with one attached hydrogen (secondary N) is 1. The van der Waals surface area contributed by atoms with Gasteiger partial charge >= 0.3 is 12.1 Å².